The molecule has 4 N–H and O–H groups in total. The smallest absolute Gasteiger partial charge is 0.256 e. The van der Waals surface area contributed by atoms with Gasteiger partial charge in [0.2, 0.25) is 0 Å². The SMILES string of the molecule is CCC(C)(OC)C(=O)Nc1cccc(C)c1/C(N)=N/O. The number of amidine groups is 1. The van der Waals surface area contributed by atoms with Crippen LogP contribution in [0.1, 0.15) is 31.4 Å². The monoisotopic (exact) mass is 279 g/mol. The van der Waals surface area contributed by atoms with Crippen LogP contribution >= 0.6 is 0 Å². The third-order valence-corrected chi connectivity index (χ3v) is 3.49. The molecule has 0 aliphatic heterocycles. The van der Waals surface area contributed by atoms with Crippen molar-refractivity contribution in [3.8, 4) is 0 Å². The predicted molar refractivity (Wildman–Crippen MR) is 78.0 cm³/mol. The van der Waals surface area contributed by atoms with Crippen molar-refractivity contribution in [2.24, 2.45) is 10.9 Å². The van der Waals surface area contributed by atoms with E-state index >= 15 is 0 Å². The maximum Gasteiger partial charge on any atom is 0.256 e. The van der Waals surface area contributed by atoms with E-state index in [2.05, 4.69) is 10.5 Å². The molecule has 0 aliphatic carbocycles. The molecule has 0 fully saturated rings. The summed E-state index contributed by atoms with van der Waals surface area (Å²) in [5.74, 6) is -0.325. The molecule has 1 amide bonds. The Kier molecular flexibility index (Phi) is 5.10. The Morgan fingerprint density at radius 1 is 1.55 bits per heavy atom. The molecule has 110 valence electrons. The number of nitrogens with two attached hydrogens (primary N) is 1. The quantitative estimate of drug-likeness (QED) is 0.331. The first-order chi connectivity index (χ1) is 9.39. The van der Waals surface area contributed by atoms with Crippen molar-refractivity contribution >= 4 is 17.4 Å². The van der Waals surface area contributed by atoms with E-state index in [0.717, 1.165) is 5.56 Å². The van der Waals surface area contributed by atoms with E-state index < -0.39 is 5.60 Å². The number of carbonyl (C=O) groups excluding carboxylic acids is 1. The number of anilines is 1. The zero-order valence-corrected chi connectivity index (χ0v) is 12.2. The second kappa shape index (κ2) is 6.38. The van der Waals surface area contributed by atoms with Crippen LogP contribution in [0, 0.1) is 6.92 Å². The number of ether oxygens (including phenoxy) is 1. The summed E-state index contributed by atoms with van der Waals surface area (Å²) in [5, 5.41) is 14.6. The summed E-state index contributed by atoms with van der Waals surface area (Å²) in [5.41, 5.74) is 6.52. The van der Waals surface area contributed by atoms with Crippen LogP contribution in [0.5, 0.6) is 0 Å². The van der Waals surface area contributed by atoms with Gasteiger partial charge in [0.15, 0.2) is 5.84 Å². The number of methoxy groups -OCH3 is 1. The molecule has 0 saturated carbocycles. The van der Waals surface area contributed by atoms with Crippen LogP contribution in [-0.2, 0) is 9.53 Å². The molecule has 1 rings (SSSR count). The Hall–Kier alpha value is -2.08. The molecule has 0 aromatic heterocycles. The lowest BCUT2D eigenvalue weighted by atomic mass is 10.0. The van der Waals surface area contributed by atoms with Crippen LogP contribution in [-0.4, -0.2) is 29.7 Å². The lowest BCUT2D eigenvalue weighted by Gasteiger charge is -2.26. The van der Waals surface area contributed by atoms with Crippen molar-refractivity contribution in [3.63, 3.8) is 0 Å². The average Bonchev–Trinajstić information content (AvgIpc) is 2.45. The van der Waals surface area contributed by atoms with Crippen molar-refractivity contribution in [3.05, 3.63) is 29.3 Å². The van der Waals surface area contributed by atoms with Crippen LogP contribution in [0.25, 0.3) is 0 Å². The number of oxime groups is 1. The number of hydrogen-bond donors (Lipinski definition) is 3. The Morgan fingerprint density at radius 3 is 2.70 bits per heavy atom. The summed E-state index contributed by atoms with van der Waals surface area (Å²) in [6.07, 6.45) is 0.528. The molecular weight excluding hydrogens is 258 g/mol. The van der Waals surface area contributed by atoms with Gasteiger partial charge in [0.1, 0.15) is 5.60 Å². The Labute approximate surface area is 118 Å². The molecule has 1 atom stereocenters. The molecule has 1 aromatic rings. The Morgan fingerprint density at radius 2 is 2.20 bits per heavy atom. The molecule has 0 aliphatic rings. The van der Waals surface area contributed by atoms with Crippen molar-refractivity contribution in [1.82, 2.24) is 0 Å². The zero-order chi connectivity index (χ0) is 15.3. The van der Waals surface area contributed by atoms with Crippen LogP contribution in [0.2, 0.25) is 0 Å². The summed E-state index contributed by atoms with van der Waals surface area (Å²) in [7, 11) is 1.49. The van der Waals surface area contributed by atoms with E-state index in [-0.39, 0.29) is 11.7 Å². The lowest BCUT2D eigenvalue weighted by molar-refractivity contribution is -0.136. The minimum Gasteiger partial charge on any atom is -0.409 e. The van der Waals surface area contributed by atoms with Gasteiger partial charge in [-0.25, -0.2) is 0 Å². The third kappa shape index (κ3) is 3.08. The van der Waals surface area contributed by atoms with Gasteiger partial charge in [0.05, 0.1) is 5.69 Å². The van der Waals surface area contributed by atoms with Gasteiger partial charge in [-0.2, -0.15) is 0 Å². The normalized spacial score (nSPS) is 14.7. The number of nitrogens with zero attached hydrogens (tertiary/aromatic N) is 1. The minimum atomic E-state index is -0.924. The summed E-state index contributed by atoms with van der Waals surface area (Å²) in [4.78, 5) is 12.3. The predicted octanol–water partition coefficient (Wildman–Crippen LogP) is 1.84. The average molecular weight is 279 g/mol. The van der Waals surface area contributed by atoms with Crippen LogP contribution in [0.4, 0.5) is 5.69 Å². The third-order valence-electron chi connectivity index (χ3n) is 3.49. The topological polar surface area (TPSA) is 96.9 Å². The second-order valence-electron chi connectivity index (χ2n) is 4.73. The standard InChI is InChI=1S/C14H21N3O3/c1-5-14(3,20-4)13(18)16-10-8-6-7-9(2)11(10)12(15)17-19/h6-8,19H,5H2,1-4H3,(H2,15,17)(H,16,18). The zero-order valence-electron chi connectivity index (χ0n) is 12.2. The first kappa shape index (κ1) is 16.0. The van der Waals surface area contributed by atoms with E-state index in [1.54, 1.807) is 19.1 Å². The number of hydrogen-bond acceptors (Lipinski definition) is 4. The maximum absolute atomic E-state index is 12.3. The lowest BCUT2D eigenvalue weighted by Crippen LogP contribution is -2.41. The van der Waals surface area contributed by atoms with Crippen LogP contribution in [0.3, 0.4) is 0 Å². The number of rotatable bonds is 5. The second-order valence-corrected chi connectivity index (χ2v) is 4.73. The highest BCUT2D eigenvalue weighted by molar-refractivity contribution is 6.07. The number of nitrogens with one attached hydrogen (secondary N) is 1. The highest BCUT2D eigenvalue weighted by Crippen LogP contribution is 2.22. The number of amides is 1. The van der Waals surface area contributed by atoms with Crippen LogP contribution < -0.4 is 11.1 Å². The number of benzene rings is 1. The first-order valence-electron chi connectivity index (χ1n) is 6.33. The van der Waals surface area contributed by atoms with Gasteiger partial charge in [-0.1, -0.05) is 24.2 Å². The fourth-order valence-corrected chi connectivity index (χ4v) is 1.81. The molecule has 6 nitrogen and oxygen atoms in total. The number of aryl methyl sites for hydroxylation is 1. The van der Waals surface area contributed by atoms with Gasteiger partial charge in [0, 0.05) is 12.7 Å². The fraction of sp³-hybridized carbons (Fsp3) is 0.429. The fourth-order valence-electron chi connectivity index (χ4n) is 1.81. The maximum atomic E-state index is 12.3. The number of carbonyl (C=O) groups is 1. The van der Waals surface area contributed by atoms with Gasteiger partial charge < -0.3 is 21.0 Å². The molecule has 0 radical (unpaired) electrons. The van der Waals surface area contributed by atoms with E-state index in [1.807, 2.05) is 19.9 Å². The van der Waals surface area contributed by atoms with Gasteiger partial charge in [0.25, 0.3) is 5.91 Å². The first-order valence-corrected chi connectivity index (χ1v) is 6.33. The van der Waals surface area contributed by atoms with Gasteiger partial charge in [-0.15, -0.1) is 0 Å². The largest absolute Gasteiger partial charge is 0.409 e. The molecule has 20 heavy (non-hydrogen) atoms. The Bertz CT molecular complexity index is 522. The van der Waals surface area contributed by atoms with E-state index in [9.17, 15) is 4.79 Å². The summed E-state index contributed by atoms with van der Waals surface area (Å²) < 4.78 is 5.25. The van der Waals surface area contributed by atoms with Crippen molar-refractivity contribution in [2.45, 2.75) is 32.8 Å². The van der Waals surface area contributed by atoms with E-state index in [1.165, 1.54) is 7.11 Å². The summed E-state index contributed by atoms with van der Waals surface area (Å²) in [6, 6.07) is 5.30. The molecule has 1 aromatic carbocycles. The van der Waals surface area contributed by atoms with E-state index in [4.69, 9.17) is 15.7 Å². The molecule has 0 spiro atoms. The summed E-state index contributed by atoms with van der Waals surface area (Å²) >= 11 is 0. The van der Waals surface area contributed by atoms with Gasteiger partial charge >= 0.3 is 0 Å². The van der Waals surface area contributed by atoms with Crippen LogP contribution in [0.15, 0.2) is 23.4 Å². The molecule has 6 heteroatoms. The van der Waals surface area contributed by atoms with Crippen molar-refractivity contribution in [2.75, 3.05) is 12.4 Å². The molecule has 0 bridgehead atoms. The van der Waals surface area contributed by atoms with Gasteiger partial charge in [-0.05, 0) is 31.9 Å². The molecule has 0 heterocycles. The molecular formula is C14H21N3O3. The van der Waals surface area contributed by atoms with Crippen molar-refractivity contribution < 1.29 is 14.7 Å². The molecule has 0 saturated heterocycles. The highest BCUT2D eigenvalue weighted by atomic mass is 16.5. The van der Waals surface area contributed by atoms with E-state index in [0.29, 0.717) is 17.7 Å². The highest BCUT2D eigenvalue weighted by Gasteiger charge is 2.31. The van der Waals surface area contributed by atoms with Crippen molar-refractivity contribution in [1.29, 1.82) is 0 Å². The molecule has 1 unspecified atom stereocenters. The van der Waals surface area contributed by atoms with Gasteiger partial charge in [-0.3, -0.25) is 4.79 Å². The Balaban J connectivity index is 3.17. The summed E-state index contributed by atoms with van der Waals surface area (Å²) in [6.45, 7) is 5.39. The minimum absolute atomic E-state index is 0.0472.